The molecule has 3 nitrogen and oxygen atoms in total. The molecule has 0 saturated carbocycles. The van der Waals surface area contributed by atoms with E-state index in [0.29, 0.717) is 5.39 Å². The van der Waals surface area contributed by atoms with Crippen LogP contribution in [0, 0.1) is 49.4 Å². The van der Waals surface area contributed by atoms with Gasteiger partial charge in [-0.3, -0.25) is 0 Å². The molecule has 0 N–H and O–H groups in total. The summed E-state index contributed by atoms with van der Waals surface area (Å²) in [5, 5.41) is 1.48. The monoisotopic (exact) mass is 421 g/mol. The summed E-state index contributed by atoms with van der Waals surface area (Å²) >= 11 is 0. The molecule has 0 aromatic heterocycles. The van der Waals surface area contributed by atoms with Crippen molar-refractivity contribution in [3.63, 3.8) is 0 Å². The number of esters is 2. The summed E-state index contributed by atoms with van der Waals surface area (Å²) in [6.07, 6.45) is -5.19. The Balaban J connectivity index is 0.00000200. The van der Waals surface area contributed by atoms with Gasteiger partial charge in [-0.2, -0.15) is 13.2 Å². The molecule has 0 atom stereocenters. The van der Waals surface area contributed by atoms with Gasteiger partial charge in [0.2, 0.25) is 0 Å². The quantitative estimate of drug-likeness (QED) is 0.526. The van der Waals surface area contributed by atoms with Gasteiger partial charge in [0.15, 0.2) is 0 Å². The Hall–Kier alpha value is -0.786. The number of halogens is 3. The molecule has 7 heteroatoms. The zero-order valence-electron chi connectivity index (χ0n) is 9.78. The fourth-order valence-corrected chi connectivity index (χ4v) is 1.52. The molecule has 0 unspecified atom stereocenters. The SMILES string of the molecule is O=C(OC(=O)C(F)(F)F)c1ccc2ccccc2c1.[Eu]. The van der Waals surface area contributed by atoms with E-state index in [0.717, 1.165) is 5.39 Å². The summed E-state index contributed by atoms with van der Waals surface area (Å²) in [4.78, 5) is 21.9. The third kappa shape index (κ3) is 4.10. The number of hydrogen-bond acceptors (Lipinski definition) is 3. The third-order valence-corrected chi connectivity index (χ3v) is 2.40. The molecule has 105 valence electrons. The third-order valence-electron chi connectivity index (χ3n) is 2.40. The molecule has 2 aromatic carbocycles. The van der Waals surface area contributed by atoms with Gasteiger partial charge >= 0.3 is 18.1 Å². The van der Waals surface area contributed by atoms with E-state index in [1.54, 1.807) is 30.3 Å². The summed E-state index contributed by atoms with van der Waals surface area (Å²) in [6.45, 7) is 0. The summed E-state index contributed by atoms with van der Waals surface area (Å²) in [6, 6.07) is 11.2. The van der Waals surface area contributed by atoms with Crippen molar-refractivity contribution in [3.05, 3.63) is 48.0 Å². The molecule has 0 aliphatic heterocycles. The first kappa shape index (κ1) is 17.3. The van der Waals surface area contributed by atoms with Crippen LogP contribution in [0.5, 0.6) is 0 Å². The van der Waals surface area contributed by atoms with E-state index in [2.05, 4.69) is 4.74 Å². The first-order valence-corrected chi connectivity index (χ1v) is 5.20. The maximum Gasteiger partial charge on any atom is 0.491 e. The van der Waals surface area contributed by atoms with Gasteiger partial charge in [0.1, 0.15) is 0 Å². The average Bonchev–Trinajstić information content (AvgIpc) is 2.37. The molecular weight excluding hydrogens is 413 g/mol. The topological polar surface area (TPSA) is 43.4 Å². The molecule has 1 radical (unpaired) electrons. The van der Waals surface area contributed by atoms with E-state index in [4.69, 9.17) is 0 Å². The van der Waals surface area contributed by atoms with Crippen molar-refractivity contribution in [2.45, 2.75) is 6.18 Å². The van der Waals surface area contributed by atoms with Crippen LogP contribution < -0.4 is 0 Å². The Morgan fingerprint density at radius 1 is 0.950 bits per heavy atom. The first-order valence-electron chi connectivity index (χ1n) is 5.20. The summed E-state index contributed by atoms with van der Waals surface area (Å²) in [5.74, 6) is -3.85. The molecule has 0 amide bonds. The van der Waals surface area contributed by atoms with Crippen LogP contribution in [0.25, 0.3) is 10.8 Å². The van der Waals surface area contributed by atoms with Crippen molar-refractivity contribution in [2.75, 3.05) is 0 Å². The number of hydrogen-bond donors (Lipinski definition) is 0. The van der Waals surface area contributed by atoms with Crippen molar-refractivity contribution < 1.29 is 76.9 Å². The summed E-state index contributed by atoms with van der Waals surface area (Å²) in [5.41, 5.74) is -0.115. The van der Waals surface area contributed by atoms with Crippen LogP contribution in [0.1, 0.15) is 10.4 Å². The van der Waals surface area contributed by atoms with Gasteiger partial charge in [-0.25, -0.2) is 9.59 Å². The van der Waals surface area contributed by atoms with Gasteiger partial charge < -0.3 is 4.74 Å². The smallest absolute Gasteiger partial charge is 0.383 e. The second kappa shape index (κ2) is 6.78. The Morgan fingerprint density at radius 2 is 1.55 bits per heavy atom. The van der Waals surface area contributed by atoms with Crippen molar-refractivity contribution in [3.8, 4) is 0 Å². The van der Waals surface area contributed by atoms with Crippen LogP contribution in [0.2, 0.25) is 0 Å². The molecule has 0 saturated heterocycles. The van der Waals surface area contributed by atoms with Gasteiger partial charge in [0, 0.05) is 49.4 Å². The predicted octanol–water partition coefficient (Wildman–Crippen LogP) is 3.09. The van der Waals surface area contributed by atoms with E-state index in [1.807, 2.05) is 0 Å². The Labute approximate surface area is 152 Å². The minimum Gasteiger partial charge on any atom is -0.383 e. The number of carbonyl (C=O) groups excluding carboxylic acids is 2. The van der Waals surface area contributed by atoms with E-state index < -0.39 is 18.1 Å². The largest absolute Gasteiger partial charge is 0.491 e. The maximum atomic E-state index is 12.0. The Bertz CT molecular complexity index is 653. The minimum absolute atomic E-state index is 0. The van der Waals surface area contributed by atoms with Crippen molar-refractivity contribution >= 4 is 22.7 Å². The number of alkyl halides is 3. The fourth-order valence-electron chi connectivity index (χ4n) is 1.52. The first-order chi connectivity index (χ1) is 8.88. The second-order valence-corrected chi connectivity index (χ2v) is 3.74. The number of carbonyl (C=O) groups is 2. The summed E-state index contributed by atoms with van der Waals surface area (Å²) < 4.78 is 39.6. The van der Waals surface area contributed by atoms with Crippen LogP contribution in [0.3, 0.4) is 0 Å². The zero-order chi connectivity index (χ0) is 14.0. The zero-order valence-corrected chi connectivity index (χ0v) is 12.2. The maximum absolute atomic E-state index is 12.0. The van der Waals surface area contributed by atoms with Gasteiger partial charge in [-0.05, 0) is 22.9 Å². The molecule has 0 spiro atoms. The molecule has 0 aliphatic rings. The second-order valence-electron chi connectivity index (χ2n) is 3.74. The van der Waals surface area contributed by atoms with Crippen molar-refractivity contribution in [1.29, 1.82) is 0 Å². The van der Waals surface area contributed by atoms with Crippen molar-refractivity contribution in [1.82, 2.24) is 0 Å². The van der Waals surface area contributed by atoms with Gasteiger partial charge in [-0.1, -0.05) is 30.3 Å². The Kier molecular flexibility index (Phi) is 5.85. The molecule has 2 rings (SSSR count). The fraction of sp³-hybridized carbons (Fsp3) is 0.0769. The number of fused-ring (bicyclic) bond motifs is 1. The summed E-state index contributed by atoms with van der Waals surface area (Å²) in [7, 11) is 0. The minimum atomic E-state index is -5.19. The van der Waals surface area contributed by atoms with Crippen LogP contribution in [-0.2, 0) is 9.53 Å². The predicted molar refractivity (Wildman–Crippen MR) is 60.4 cm³/mol. The van der Waals surface area contributed by atoms with E-state index in [1.165, 1.54) is 12.1 Å². The van der Waals surface area contributed by atoms with Crippen LogP contribution in [-0.4, -0.2) is 18.1 Å². The molecule has 2 aromatic rings. The number of rotatable bonds is 1. The van der Waals surface area contributed by atoms with Crippen LogP contribution in [0.15, 0.2) is 42.5 Å². The average molecular weight is 420 g/mol. The van der Waals surface area contributed by atoms with E-state index in [-0.39, 0.29) is 54.9 Å². The Morgan fingerprint density at radius 3 is 2.15 bits per heavy atom. The van der Waals surface area contributed by atoms with Crippen LogP contribution >= 0.6 is 0 Å². The normalized spacial score (nSPS) is 10.8. The van der Waals surface area contributed by atoms with Gasteiger partial charge in [0.25, 0.3) is 0 Å². The van der Waals surface area contributed by atoms with Gasteiger partial charge in [0.05, 0.1) is 5.56 Å². The number of ether oxygens (including phenoxy) is 1. The van der Waals surface area contributed by atoms with E-state index in [9.17, 15) is 22.8 Å². The molecule has 0 heterocycles. The molecule has 0 fully saturated rings. The number of benzene rings is 2. The molecular formula is C13H7EuF3O3. The standard InChI is InChI=1S/C13H7F3O3.Eu/c14-13(15,16)12(18)19-11(17)10-6-5-8-3-1-2-4-9(8)7-10;/h1-7H;. The molecule has 20 heavy (non-hydrogen) atoms. The van der Waals surface area contributed by atoms with Gasteiger partial charge in [-0.15, -0.1) is 0 Å². The molecule has 0 bridgehead atoms. The van der Waals surface area contributed by atoms with Crippen LogP contribution in [0.4, 0.5) is 13.2 Å². The molecule has 0 aliphatic carbocycles. The van der Waals surface area contributed by atoms with Crippen molar-refractivity contribution in [2.24, 2.45) is 0 Å². The van der Waals surface area contributed by atoms with E-state index >= 15 is 0 Å².